The predicted octanol–water partition coefficient (Wildman–Crippen LogP) is 4.40. The summed E-state index contributed by atoms with van der Waals surface area (Å²) in [6.45, 7) is 2.25. The second kappa shape index (κ2) is 5.01. The Morgan fingerprint density at radius 1 is 1.62 bits per heavy atom. The fraction of sp³-hybridized carbons (Fsp3) is 0.643. The summed E-state index contributed by atoms with van der Waals surface area (Å²) in [6, 6.07) is 6.88. The van der Waals surface area contributed by atoms with Crippen LogP contribution in [0.2, 0.25) is 0 Å². The summed E-state index contributed by atoms with van der Waals surface area (Å²) >= 11 is 1.79. The maximum absolute atomic E-state index is 9.51. The van der Waals surface area contributed by atoms with Crippen molar-refractivity contribution < 1.29 is 0 Å². The fourth-order valence-electron chi connectivity index (χ4n) is 2.88. The minimum absolute atomic E-state index is 0.0657. The van der Waals surface area contributed by atoms with Crippen LogP contribution >= 0.6 is 11.3 Å². The van der Waals surface area contributed by atoms with Crippen LogP contribution in [-0.4, -0.2) is 0 Å². The Kier molecular flexibility index (Phi) is 3.66. The van der Waals surface area contributed by atoms with Crippen LogP contribution in [0.3, 0.4) is 0 Å². The molecule has 0 aromatic carbocycles. The van der Waals surface area contributed by atoms with Crippen molar-refractivity contribution in [2.45, 2.75) is 45.4 Å². The average Bonchev–Trinajstić information content (AvgIpc) is 2.82. The van der Waals surface area contributed by atoms with Crippen molar-refractivity contribution in [2.75, 3.05) is 0 Å². The lowest BCUT2D eigenvalue weighted by atomic mass is 9.68. The highest BCUT2D eigenvalue weighted by Crippen LogP contribution is 2.43. The Morgan fingerprint density at radius 2 is 2.50 bits per heavy atom. The number of hydrogen-bond donors (Lipinski definition) is 0. The van der Waals surface area contributed by atoms with Gasteiger partial charge < -0.3 is 0 Å². The third-order valence-electron chi connectivity index (χ3n) is 3.85. The summed E-state index contributed by atoms with van der Waals surface area (Å²) in [5.74, 6) is 0.772. The molecule has 0 amide bonds. The van der Waals surface area contributed by atoms with Crippen LogP contribution in [0.25, 0.3) is 0 Å². The zero-order valence-corrected chi connectivity index (χ0v) is 10.7. The van der Waals surface area contributed by atoms with Crippen LogP contribution in [0.4, 0.5) is 0 Å². The van der Waals surface area contributed by atoms with Crippen LogP contribution in [0.5, 0.6) is 0 Å². The Labute approximate surface area is 102 Å². The Hall–Kier alpha value is -0.810. The third-order valence-corrected chi connectivity index (χ3v) is 4.73. The zero-order valence-electron chi connectivity index (χ0n) is 9.91. The molecule has 0 radical (unpaired) electrons. The van der Waals surface area contributed by atoms with Crippen LogP contribution in [-0.2, 0) is 6.42 Å². The summed E-state index contributed by atoms with van der Waals surface area (Å²) in [5, 5.41) is 11.6. The Bertz CT molecular complexity index is 363. The van der Waals surface area contributed by atoms with Crippen molar-refractivity contribution in [3.05, 3.63) is 22.4 Å². The summed E-state index contributed by atoms with van der Waals surface area (Å²) < 4.78 is 0. The van der Waals surface area contributed by atoms with Gasteiger partial charge in [0.25, 0.3) is 0 Å². The maximum Gasteiger partial charge on any atom is 0.0693 e. The van der Waals surface area contributed by atoms with Gasteiger partial charge in [-0.1, -0.05) is 32.3 Å². The van der Waals surface area contributed by atoms with Crippen molar-refractivity contribution in [1.82, 2.24) is 0 Å². The molecule has 2 unspecified atom stereocenters. The molecule has 1 aromatic heterocycles. The van der Waals surface area contributed by atoms with Gasteiger partial charge in [-0.3, -0.25) is 0 Å². The largest absolute Gasteiger partial charge is 0.198 e. The number of hydrogen-bond acceptors (Lipinski definition) is 2. The Morgan fingerprint density at radius 3 is 3.12 bits per heavy atom. The van der Waals surface area contributed by atoms with E-state index in [-0.39, 0.29) is 5.41 Å². The first-order valence-electron chi connectivity index (χ1n) is 6.21. The van der Waals surface area contributed by atoms with Gasteiger partial charge in [0.2, 0.25) is 0 Å². The molecule has 1 aliphatic carbocycles. The zero-order chi connectivity index (χ0) is 11.4. The molecule has 0 saturated heterocycles. The molecular weight excluding hydrogens is 214 g/mol. The molecule has 1 nitrogen and oxygen atoms in total. The van der Waals surface area contributed by atoms with E-state index in [0.717, 1.165) is 25.2 Å². The summed E-state index contributed by atoms with van der Waals surface area (Å²) in [5.41, 5.74) is -0.0657. The molecule has 1 fully saturated rings. The van der Waals surface area contributed by atoms with Crippen LogP contribution in [0.15, 0.2) is 17.5 Å². The van der Waals surface area contributed by atoms with Crippen molar-refractivity contribution in [3.63, 3.8) is 0 Å². The molecule has 16 heavy (non-hydrogen) atoms. The third kappa shape index (κ3) is 2.47. The molecule has 86 valence electrons. The molecule has 0 bridgehead atoms. The number of rotatable bonds is 3. The second-order valence-electron chi connectivity index (χ2n) is 5.02. The summed E-state index contributed by atoms with van der Waals surface area (Å²) in [6.07, 6.45) is 6.96. The summed E-state index contributed by atoms with van der Waals surface area (Å²) in [4.78, 5) is 1.37. The molecular formula is C14H19NS. The lowest BCUT2D eigenvalue weighted by Crippen LogP contribution is -2.29. The molecule has 0 aliphatic heterocycles. The van der Waals surface area contributed by atoms with E-state index in [4.69, 9.17) is 0 Å². The number of nitriles is 1. The smallest absolute Gasteiger partial charge is 0.0693 e. The SMILES string of the molecule is CCC1CCCC(C#N)(Cc2cccs2)C1. The molecule has 0 N–H and O–H groups in total. The van der Waals surface area contributed by atoms with E-state index in [0.29, 0.717) is 0 Å². The predicted molar refractivity (Wildman–Crippen MR) is 68.3 cm³/mol. The minimum Gasteiger partial charge on any atom is -0.198 e. The Balaban J connectivity index is 2.10. The molecule has 2 heteroatoms. The van der Waals surface area contributed by atoms with E-state index in [1.165, 1.54) is 24.1 Å². The van der Waals surface area contributed by atoms with E-state index < -0.39 is 0 Å². The van der Waals surface area contributed by atoms with E-state index in [1.807, 2.05) is 0 Å². The quantitative estimate of drug-likeness (QED) is 0.759. The molecule has 1 heterocycles. The highest BCUT2D eigenvalue weighted by molar-refractivity contribution is 7.09. The molecule has 2 rings (SSSR count). The van der Waals surface area contributed by atoms with E-state index in [9.17, 15) is 5.26 Å². The van der Waals surface area contributed by atoms with Gasteiger partial charge in [-0.05, 0) is 30.2 Å². The molecule has 2 atom stereocenters. The first-order valence-corrected chi connectivity index (χ1v) is 7.09. The first-order chi connectivity index (χ1) is 7.78. The van der Waals surface area contributed by atoms with Gasteiger partial charge in [0, 0.05) is 11.3 Å². The van der Waals surface area contributed by atoms with Gasteiger partial charge in [-0.25, -0.2) is 0 Å². The lowest BCUT2D eigenvalue weighted by Gasteiger charge is -2.35. The van der Waals surface area contributed by atoms with Crippen molar-refractivity contribution in [3.8, 4) is 6.07 Å². The molecule has 1 saturated carbocycles. The standard InChI is InChI=1S/C14H19NS/c1-2-12-5-3-7-14(9-12,11-15)10-13-6-4-8-16-13/h4,6,8,12H,2-3,5,7,9-10H2,1H3. The minimum atomic E-state index is -0.0657. The van der Waals surface area contributed by atoms with Crippen molar-refractivity contribution >= 4 is 11.3 Å². The van der Waals surface area contributed by atoms with Gasteiger partial charge in [-0.15, -0.1) is 11.3 Å². The van der Waals surface area contributed by atoms with E-state index >= 15 is 0 Å². The topological polar surface area (TPSA) is 23.8 Å². The van der Waals surface area contributed by atoms with E-state index in [2.05, 4.69) is 30.5 Å². The van der Waals surface area contributed by atoms with Crippen molar-refractivity contribution in [1.29, 1.82) is 5.26 Å². The average molecular weight is 233 g/mol. The second-order valence-corrected chi connectivity index (χ2v) is 6.05. The first kappa shape index (κ1) is 11.7. The van der Waals surface area contributed by atoms with Crippen LogP contribution < -0.4 is 0 Å². The normalized spacial score (nSPS) is 29.9. The maximum atomic E-state index is 9.51. The highest BCUT2D eigenvalue weighted by Gasteiger charge is 2.36. The molecule has 1 aromatic rings. The lowest BCUT2D eigenvalue weighted by molar-refractivity contribution is 0.195. The summed E-state index contributed by atoms with van der Waals surface area (Å²) in [7, 11) is 0. The molecule has 1 aliphatic rings. The van der Waals surface area contributed by atoms with Gasteiger partial charge >= 0.3 is 0 Å². The van der Waals surface area contributed by atoms with E-state index in [1.54, 1.807) is 11.3 Å². The highest BCUT2D eigenvalue weighted by atomic mass is 32.1. The van der Waals surface area contributed by atoms with Gasteiger partial charge in [0.1, 0.15) is 0 Å². The van der Waals surface area contributed by atoms with Crippen LogP contribution in [0.1, 0.15) is 43.9 Å². The van der Waals surface area contributed by atoms with Crippen LogP contribution in [0, 0.1) is 22.7 Å². The fourth-order valence-corrected chi connectivity index (χ4v) is 3.73. The number of thiophene rings is 1. The van der Waals surface area contributed by atoms with Gasteiger partial charge in [-0.2, -0.15) is 5.26 Å². The molecule has 0 spiro atoms. The number of nitrogens with zero attached hydrogens (tertiary/aromatic N) is 1. The van der Waals surface area contributed by atoms with Gasteiger partial charge in [0.15, 0.2) is 0 Å². The monoisotopic (exact) mass is 233 g/mol. The van der Waals surface area contributed by atoms with Gasteiger partial charge in [0.05, 0.1) is 11.5 Å². The van der Waals surface area contributed by atoms with Crippen molar-refractivity contribution in [2.24, 2.45) is 11.3 Å².